The minimum Gasteiger partial charge on any atom is -0.448 e. The molecule has 8 heteroatoms. The predicted octanol–water partition coefficient (Wildman–Crippen LogP) is 3.50. The number of hydrogen-bond acceptors (Lipinski definition) is 5. The summed E-state index contributed by atoms with van der Waals surface area (Å²) in [6.45, 7) is -0.196. The minimum atomic E-state index is -0.407. The number of carbonyl (C=O) groups is 1. The first-order valence-electron chi connectivity index (χ1n) is 8.57. The third-order valence-electron chi connectivity index (χ3n) is 4.38. The second kappa shape index (κ2) is 7.01. The summed E-state index contributed by atoms with van der Waals surface area (Å²) in [6.07, 6.45) is 1.36. The van der Waals surface area contributed by atoms with E-state index >= 15 is 0 Å². The summed E-state index contributed by atoms with van der Waals surface area (Å²) in [5.74, 6) is -0.371. The Morgan fingerprint density at radius 2 is 2.04 bits per heavy atom. The molecule has 2 aromatic heterocycles. The molecule has 0 atom stereocenters. The summed E-state index contributed by atoms with van der Waals surface area (Å²) >= 11 is 6.05. The van der Waals surface area contributed by atoms with Crippen LogP contribution in [0.25, 0.3) is 22.1 Å². The molecule has 2 heterocycles. The number of halogens is 1. The minimum absolute atomic E-state index is 0.133. The van der Waals surface area contributed by atoms with Gasteiger partial charge in [-0.2, -0.15) is 0 Å². The fourth-order valence-electron chi connectivity index (χ4n) is 3.07. The summed E-state index contributed by atoms with van der Waals surface area (Å²) in [6, 6.07) is 12.5. The van der Waals surface area contributed by atoms with Crippen molar-refractivity contribution in [1.29, 1.82) is 0 Å². The van der Waals surface area contributed by atoms with E-state index in [-0.39, 0.29) is 18.0 Å². The fraction of sp³-hybridized carbons (Fsp3) is 0.150. The molecule has 0 spiro atoms. The number of nitrogens with zero attached hydrogens (tertiary/aromatic N) is 3. The topological polar surface area (TPSA) is 80.4 Å². The molecule has 0 radical (unpaired) electrons. The van der Waals surface area contributed by atoms with Crippen LogP contribution in [-0.2, 0) is 11.3 Å². The second-order valence-electron chi connectivity index (χ2n) is 6.56. The molecule has 0 saturated heterocycles. The Hall–Kier alpha value is -3.32. The molecule has 7 nitrogen and oxygen atoms in total. The zero-order chi connectivity index (χ0) is 19.8. The van der Waals surface area contributed by atoms with Crippen LogP contribution in [0.15, 0.2) is 58.0 Å². The highest BCUT2D eigenvalue weighted by Crippen LogP contribution is 2.28. The number of benzene rings is 2. The molecule has 1 amide bonds. The van der Waals surface area contributed by atoms with Crippen molar-refractivity contribution in [2.75, 3.05) is 24.3 Å². The highest BCUT2D eigenvalue weighted by Gasteiger charge is 2.15. The predicted molar refractivity (Wildman–Crippen MR) is 110 cm³/mol. The maximum atomic E-state index is 12.7. The Morgan fingerprint density at radius 3 is 2.82 bits per heavy atom. The van der Waals surface area contributed by atoms with E-state index in [0.29, 0.717) is 21.8 Å². The Labute approximate surface area is 165 Å². The fourth-order valence-corrected chi connectivity index (χ4v) is 3.24. The number of rotatable bonds is 4. The van der Waals surface area contributed by atoms with Crippen LogP contribution >= 0.6 is 11.6 Å². The third-order valence-corrected chi connectivity index (χ3v) is 4.61. The number of amides is 1. The van der Waals surface area contributed by atoms with E-state index < -0.39 is 5.56 Å². The summed E-state index contributed by atoms with van der Waals surface area (Å²) in [5, 5.41) is 4.07. The van der Waals surface area contributed by atoms with Gasteiger partial charge in [0.2, 0.25) is 11.5 Å². The lowest BCUT2D eigenvalue weighted by Gasteiger charge is -2.18. The average molecular weight is 397 g/mol. The SMILES string of the molecule is CN(C)c1ccc(Cl)cc1NC(=O)Cn1cnc2c(oc3ccccc32)c1=O. The smallest absolute Gasteiger partial charge is 0.297 e. The first kappa shape index (κ1) is 18.1. The lowest BCUT2D eigenvalue weighted by molar-refractivity contribution is -0.116. The number of carbonyl (C=O) groups excluding carboxylic acids is 1. The number of hydrogen-bond donors (Lipinski definition) is 1. The Kier molecular flexibility index (Phi) is 4.52. The van der Waals surface area contributed by atoms with E-state index in [9.17, 15) is 9.59 Å². The van der Waals surface area contributed by atoms with Gasteiger partial charge in [0.05, 0.1) is 17.7 Å². The highest BCUT2D eigenvalue weighted by molar-refractivity contribution is 6.31. The number of para-hydroxylation sites is 1. The van der Waals surface area contributed by atoms with Crippen LogP contribution in [-0.4, -0.2) is 29.6 Å². The van der Waals surface area contributed by atoms with Crippen molar-refractivity contribution >= 4 is 51.0 Å². The van der Waals surface area contributed by atoms with Gasteiger partial charge in [-0.05, 0) is 30.3 Å². The molecule has 0 aliphatic heterocycles. The maximum absolute atomic E-state index is 12.7. The molecule has 0 aliphatic rings. The van der Waals surface area contributed by atoms with Crippen molar-refractivity contribution in [3.8, 4) is 0 Å². The quantitative estimate of drug-likeness (QED) is 0.571. The van der Waals surface area contributed by atoms with Crippen LogP contribution in [0, 0.1) is 0 Å². The molecule has 1 N–H and O–H groups in total. The van der Waals surface area contributed by atoms with E-state index in [1.54, 1.807) is 18.2 Å². The number of fused-ring (bicyclic) bond motifs is 3. The van der Waals surface area contributed by atoms with E-state index in [1.807, 2.05) is 43.3 Å². The van der Waals surface area contributed by atoms with Crippen molar-refractivity contribution < 1.29 is 9.21 Å². The van der Waals surface area contributed by atoms with Crippen LogP contribution < -0.4 is 15.8 Å². The summed E-state index contributed by atoms with van der Waals surface area (Å²) in [7, 11) is 3.73. The van der Waals surface area contributed by atoms with E-state index in [0.717, 1.165) is 11.1 Å². The van der Waals surface area contributed by atoms with Gasteiger partial charge < -0.3 is 14.6 Å². The second-order valence-corrected chi connectivity index (χ2v) is 6.99. The number of aromatic nitrogens is 2. The number of anilines is 2. The standard InChI is InChI=1S/C20H17ClN4O3/c1-24(2)15-8-7-12(21)9-14(15)23-17(26)10-25-11-22-18-13-5-3-4-6-16(13)28-19(18)20(25)27/h3-9,11H,10H2,1-2H3,(H,23,26). The normalized spacial score (nSPS) is 11.1. The van der Waals surface area contributed by atoms with E-state index in [2.05, 4.69) is 10.3 Å². The molecule has 4 rings (SSSR count). The van der Waals surface area contributed by atoms with E-state index in [1.165, 1.54) is 10.9 Å². The monoisotopic (exact) mass is 396 g/mol. The number of furan rings is 1. The van der Waals surface area contributed by atoms with Crippen molar-refractivity contribution in [2.45, 2.75) is 6.54 Å². The largest absolute Gasteiger partial charge is 0.448 e. The highest BCUT2D eigenvalue weighted by atomic mass is 35.5. The Bertz CT molecular complexity index is 1260. The zero-order valence-corrected chi connectivity index (χ0v) is 16.0. The molecule has 2 aromatic carbocycles. The molecular weight excluding hydrogens is 380 g/mol. The molecule has 142 valence electrons. The molecule has 28 heavy (non-hydrogen) atoms. The maximum Gasteiger partial charge on any atom is 0.297 e. The zero-order valence-electron chi connectivity index (χ0n) is 15.3. The van der Waals surface area contributed by atoms with Gasteiger partial charge in [0, 0.05) is 24.5 Å². The Balaban J connectivity index is 1.64. The van der Waals surface area contributed by atoms with Gasteiger partial charge in [-0.25, -0.2) is 4.98 Å². The molecular formula is C20H17ClN4O3. The van der Waals surface area contributed by atoms with Crippen molar-refractivity contribution in [3.05, 3.63) is 64.2 Å². The summed E-state index contributed by atoms with van der Waals surface area (Å²) in [5.41, 5.74) is 2.16. The first-order valence-corrected chi connectivity index (χ1v) is 8.95. The van der Waals surface area contributed by atoms with Crippen molar-refractivity contribution in [2.24, 2.45) is 0 Å². The van der Waals surface area contributed by atoms with Gasteiger partial charge in [-0.1, -0.05) is 23.7 Å². The van der Waals surface area contributed by atoms with Gasteiger partial charge in [0.15, 0.2) is 0 Å². The van der Waals surface area contributed by atoms with Gasteiger partial charge in [-0.3, -0.25) is 14.2 Å². The third kappa shape index (κ3) is 3.20. The molecule has 0 aliphatic carbocycles. The summed E-state index contributed by atoms with van der Waals surface area (Å²) in [4.78, 5) is 31.4. The lowest BCUT2D eigenvalue weighted by Crippen LogP contribution is -2.28. The number of nitrogens with one attached hydrogen (secondary N) is 1. The molecule has 0 unspecified atom stereocenters. The van der Waals surface area contributed by atoms with Crippen molar-refractivity contribution in [1.82, 2.24) is 9.55 Å². The van der Waals surface area contributed by atoms with Gasteiger partial charge in [0.25, 0.3) is 5.56 Å². The molecule has 0 bridgehead atoms. The average Bonchev–Trinajstić information content (AvgIpc) is 3.03. The first-order chi connectivity index (χ1) is 13.4. The van der Waals surface area contributed by atoms with Gasteiger partial charge in [0.1, 0.15) is 17.6 Å². The van der Waals surface area contributed by atoms with E-state index in [4.69, 9.17) is 16.0 Å². The van der Waals surface area contributed by atoms with Crippen LogP contribution in [0.1, 0.15) is 0 Å². The van der Waals surface area contributed by atoms with Crippen LogP contribution in [0.5, 0.6) is 0 Å². The lowest BCUT2D eigenvalue weighted by atomic mass is 10.2. The van der Waals surface area contributed by atoms with Crippen LogP contribution in [0.3, 0.4) is 0 Å². The molecule has 0 saturated carbocycles. The molecule has 4 aromatic rings. The van der Waals surface area contributed by atoms with Crippen LogP contribution in [0.2, 0.25) is 5.02 Å². The Morgan fingerprint density at radius 1 is 1.25 bits per heavy atom. The molecule has 0 fully saturated rings. The summed E-state index contributed by atoms with van der Waals surface area (Å²) < 4.78 is 6.86. The van der Waals surface area contributed by atoms with Gasteiger partial charge in [-0.15, -0.1) is 0 Å². The van der Waals surface area contributed by atoms with Crippen LogP contribution in [0.4, 0.5) is 11.4 Å². The van der Waals surface area contributed by atoms with Crippen molar-refractivity contribution in [3.63, 3.8) is 0 Å². The van der Waals surface area contributed by atoms with Gasteiger partial charge >= 0.3 is 0 Å².